The summed E-state index contributed by atoms with van der Waals surface area (Å²) in [5.41, 5.74) is 4.98. The summed E-state index contributed by atoms with van der Waals surface area (Å²) in [7, 11) is 0. The molecule has 0 aromatic carbocycles. The predicted molar refractivity (Wildman–Crippen MR) is 51.2 cm³/mol. The lowest BCUT2D eigenvalue weighted by atomic mass is 10.00. The minimum absolute atomic E-state index is 0.0532. The average molecular weight is 183 g/mol. The summed E-state index contributed by atoms with van der Waals surface area (Å²) >= 11 is 0. The third-order valence-corrected chi connectivity index (χ3v) is 2.60. The first-order valence-electron chi connectivity index (χ1n) is 4.81. The second-order valence-electron chi connectivity index (χ2n) is 3.53. The highest BCUT2D eigenvalue weighted by atomic mass is 16.6. The second-order valence-corrected chi connectivity index (χ2v) is 3.53. The molecule has 0 aliphatic heterocycles. The summed E-state index contributed by atoms with van der Waals surface area (Å²) < 4.78 is 5.03. The Morgan fingerprint density at radius 2 is 2.38 bits per heavy atom. The van der Waals surface area contributed by atoms with E-state index in [9.17, 15) is 4.79 Å². The van der Waals surface area contributed by atoms with Gasteiger partial charge in [-0.2, -0.15) is 0 Å². The van der Waals surface area contributed by atoms with Gasteiger partial charge < -0.3 is 10.5 Å². The molecule has 74 valence electrons. The molecule has 0 aromatic rings. The van der Waals surface area contributed by atoms with E-state index >= 15 is 0 Å². The molecule has 13 heavy (non-hydrogen) atoms. The summed E-state index contributed by atoms with van der Waals surface area (Å²) in [4.78, 5) is 10.6. The Kier molecular flexibility index (Phi) is 3.80. The summed E-state index contributed by atoms with van der Waals surface area (Å²) in [6.45, 7) is 3.68. The molecule has 0 radical (unpaired) electrons. The van der Waals surface area contributed by atoms with Crippen LogP contribution in [0.1, 0.15) is 32.1 Å². The Hall–Kier alpha value is -0.990. The molecule has 2 N–H and O–H groups in total. The average Bonchev–Trinajstić information content (AvgIpc) is 2.48. The highest BCUT2D eigenvalue weighted by molar-refractivity contribution is 5.64. The first kappa shape index (κ1) is 10.1. The Morgan fingerprint density at radius 3 is 3.00 bits per heavy atom. The van der Waals surface area contributed by atoms with Crippen molar-refractivity contribution in [2.75, 3.05) is 0 Å². The molecule has 1 fully saturated rings. The molecule has 3 heteroatoms. The molecule has 1 rings (SSSR count). The second kappa shape index (κ2) is 4.90. The normalized spacial score (nSPS) is 27.1. The molecule has 1 aliphatic carbocycles. The fourth-order valence-electron chi connectivity index (χ4n) is 1.97. The number of carbonyl (C=O) groups is 1. The maximum absolute atomic E-state index is 10.6. The van der Waals surface area contributed by atoms with Crippen LogP contribution < -0.4 is 5.73 Å². The molecule has 0 spiro atoms. The Morgan fingerprint density at radius 1 is 1.62 bits per heavy atom. The Labute approximate surface area is 78.9 Å². The van der Waals surface area contributed by atoms with E-state index in [2.05, 4.69) is 6.58 Å². The van der Waals surface area contributed by atoms with Crippen molar-refractivity contribution in [3.05, 3.63) is 12.7 Å². The molecule has 3 nitrogen and oxygen atoms in total. The zero-order valence-corrected chi connectivity index (χ0v) is 7.87. The van der Waals surface area contributed by atoms with Crippen LogP contribution in [-0.2, 0) is 4.74 Å². The van der Waals surface area contributed by atoms with Gasteiger partial charge in [-0.15, -0.1) is 6.58 Å². The van der Waals surface area contributed by atoms with E-state index in [1.807, 2.05) is 6.08 Å². The van der Waals surface area contributed by atoms with Crippen LogP contribution in [0.25, 0.3) is 0 Å². The Bertz CT molecular complexity index is 191. The van der Waals surface area contributed by atoms with Crippen molar-refractivity contribution >= 4 is 6.09 Å². The molecule has 0 saturated heterocycles. The van der Waals surface area contributed by atoms with Crippen LogP contribution in [0, 0.1) is 5.92 Å². The maximum Gasteiger partial charge on any atom is 0.404 e. The van der Waals surface area contributed by atoms with Crippen LogP contribution in [-0.4, -0.2) is 12.2 Å². The van der Waals surface area contributed by atoms with Gasteiger partial charge in [0.2, 0.25) is 0 Å². The lowest BCUT2D eigenvalue weighted by Crippen LogP contribution is -2.25. The Balaban J connectivity index is 2.34. The predicted octanol–water partition coefficient (Wildman–Crippen LogP) is 2.22. The van der Waals surface area contributed by atoms with Crippen molar-refractivity contribution in [3.8, 4) is 0 Å². The molecule has 0 heterocycles. The number of hydrogen-bond donors (Lipinski definition) is 1. The highest BCUT2D eigenvalue weighted by Gasteiger charge is 2.28. The summed E-state index contributed by atoms with van der Waals surface area (Å²) in [5.74, 6) is 0.491. The van der Waals surface area contributed by atoms with Crippen molar-refractivity contribution in [2.24, 2.45) is 11.7 Å². The van der Waals surface area contributed by atoms with Gasteiger partial charge in [0.15, 0.2) is 0 Å². The molecule has 0 bridgehead atoms. The minimum Gasteiger partial charge on any atom is -0.446 e. The quantitative estimate of drug-likeness (QED) is 0.679. The lowest BCUT2D eigenvalue weighted by molar-refractivity contribution is 0.0811. The number of allylic oxidation sites excluding steroid dienone is 1. The van der Waals surface area contributed by atoms with Crippen molar-refractivity contribution < 1.29 is 9.53 Å². The van der Waals surface area contributed by atoms with Gasteiger partial charge in [0.1, 0.15) is 6.10 Å². The zero-order valence-electron chi connectivity index (χ0n) is 7.87. The van der Waals surface area contributed by atoms with Crippen LogP contribution >= 0.6 is 0 Å². The molecule has 2 atom stereocenters. The van der Waals surface area contributed by atoms with Crippen molar-refractivity contribution in [1.82, 2.24) is 0 Å². The van der Waals surface area contributed by atoms with Gasteiger partial charge in [-0.1, -0.05) is 6.08 Å². The van der Waals surface area contributed by atoms with Gasteiger partial charge in [-0.3, -0.25) is 0 Å². The smallest absolute Gasteiger partial charge is 0.404 e. The van der Waals surface area contributed by atoms with E-state index in [4.69, 9.17) is 10.5 Å². The zero-order chi connectivity index (χ0) is 9.68. The van der Waals surface area contributed by atoms with Gasteiger partial charge in [-0.25, -0.2) is 4.79 Å². The molecule has 1 aliphatic rings. The topological polar surface area (TPSA) is 52.3 Å². The van der Waals surface area contributed by atoms with Crippen molar-refractivity contribution in [2.45, 2.75) is 38.2 Å². The van der Waals surface area contributed by atoms with E-state index in [0.717, 1.165) is 32.1 Å². The van der Waals surface area contributed by atoms with E-state index in [-0.39, 0.29) is 6.10 Å². The van der Waals surface area contributed by atoms with E-state index in [1.54, 1.807) is 0 Å². The molecule has 0 aromatic heterocycles. The SMILES string of the molecule is C=CCC[C@@H]1CCC[C@H]1OC(N)=O. The number of amides is 1. The molecule has 1 amide bonds. The molecule has 0 unspecified atom stereocenters. The van der Waals surface area contributed by atoms with Crippen LogP contribution in [0.2, 0.25) is 0 Å². The number of ether oxygens (including phenoxy) is 1. The fourth-order valence-corrected chi connectivity index (χ4v) is 1.97. The standard InChI is InChI=1S/C10H17NO2/c1-2-3-5-8-6-4-7-9(8)13-10(11)12/h2,8-9H,1,3-7H2,(H2,11,12)/t8-,9-/m1/s1. The number of primary amides is 1. The number of nitrogens with two attached hydrogens (primary N) is 1. The van der Waals surface area contributed by atoms with Gasteiger partial charge >= 0.3 is 6.09 Å². The molecule has 1 saturated carbocycles. The monoisotopic (exact) mass is 183 g/mol. The first-order chi connectivity index (χ1) is 6.24. The highest BCUT2D eigenvalue weighted by Crippen LogP contribution is 2.31. The lowest BCUT2D eigenvalue weighted by Gasteiger charge is -2.17. The number of hydrogen-bond acceptors (Lipinski definition) is 2. The van der Waals surface area contributed by atoms with Crippen molar-refractivity contribution in [3.63, 3.8) is 0 Å². The van der Waals surface area contributed by atoms with Gasteiger partial charge in [0, 0.05) is 0 Å². The van der Waals surface area contributed by atoms with Crippen LogP contribution in [0.4, 0.5) is 4.79 Å². The van der Waals surface area contributed by atoms with Crippen LogP contribution in [0.5, 0.6) is 0 Å². The van der Waals surface area contributed by atoms with Crippen LogP contribution in [0.3, 0.4) is 0 Å². The van der Waals surface area contributed by atoms with Gasteiger partial charge in [0.05, 0.1) is 0 Å². The first-order valence-corrected chi connectivity index (χ1v) is 4.81. The van der Waals surface area contributed by atoms with E-state index in [0.29, 0.717) is 5.92 Å². The molecular formula is C10H17NO2. The van der Waals surface area contributed by atoms with Crippen LogP contribution in [0.15, 0.2) is 12.7 Å². The van der Waals surface area contributed by atoms with Crippen molar-refractivity contribution in [1.29, 1.82) is 0 Å². The summed E-state index contributed by atoms with van der Waals surface area (Å²) in [5, 5.41) is 0. The maximum atomic E-state index is 10.6. The van der Waals surface area contributed by atoms with Gasteiger partial charge in [0.25, 0.3) is 0 Å². The third kappa shape index (κ3) is 3.09. The number of rotatable bonds is 4. The molecular weight excluding hydrogens is 166 g/mol. The fraction of sp³-hybridized carbons (Fsp3) is 0.700. The summed E-state index contributed by atoms with van der Waals surface area (Å²) in [6, 6.07) is 0. The summed E-state index contributed by atoms with van der Waals surface area (Å²) in [6.07, 6.45) is 6.61. The minimum atomic E-state index is -0.643. The third-order valence-electron chi connectivity index (χ3n) is 2.60. The largest absolute Gasteiger partial charge is 0.446 e. The van der Waals surface area contributed by atoms with E-state index < -0.39 is 6.09 Å². The van der Waals surface area contributed by atoms with Gasteiger partial charge in [-0.05, 0) is 38.0 Å². The number of carbonyl (C=O) groups excluding carboxylic acids is 1. The van der Waals surface area contributed by atoms with E-state index in [1.165, 1.54) is 0 Å².